The summed E-state index contributed by atoms with van der Waals surface area (Å²) in [6.07, 6.45) is 10.5. The summed E-state index contributed by atoms with van der Waals surface area (Å²) in [5, 5.41) is 3.00. The van der Waals surface area contributed by atoms with Gasteiger partial charge in [-0.1, -0.05) is 25.3 Å². The molecule has 0 saturated heterocycles. The topological polar surface area (TPSA) is 46.2 Å². The zero-order chi connectivity index (χ0) is 11.8. The minimum atomic E-state index is -0.0181. The fourth-order valence-corrected chi connectivity index (χ4v) is 1.97. The summed E-state index contributed by atoms with van der Waals surface area (Å²) < 4.78 is 0. The van der Waals surface area contributed by atoms with E-state index in [1.54, 1.807) is 19.1 Å². The third-order valence-corrected chi connectivity index (χ3v) is 2.88. The number of ketones is 1. The molecule has 16 heavy (non-hydrogen) atoms. The van der Waals surface area contributed by atoms with E-state index in [9.17, 15) is 9.59 Å². The van der Waals surface area contributed by atoms with E-state index in [0.717, 1.165) is 12.8 Å². The van der Waals surface area contributed by atoms with Crippen LogP contribution in [0.1, 0.15) is 51.9 Å². The maximum Gasteiger partial charge on any atom is 0.243 e. The summed E-state index contributed by atoms with van der Waals surface area (Å²) >= 11 is 0. The highest BCUT2D eigenvalue weighted by molar-refractivity contribution is 5.87. The summed E-state index contributed by atoms with van der Waals surface area (Å²) in [4.78, 5) is 22.1. The van der Waals surface area contributed by atoms with Crippen molar-refractivity contribution in [1.29, 1.82) is 0 Å². The minimum Gasteiger partial charge on any atom is -0.350 e. The second-order valence-electron chi connectivity index (χ2n) is 4.49. The monoisotopic (exact) mass is 223 g/mol. The molecule has 0 aromatic carbocycles. The zero-order valence-electron chi connectivity index (χ0n) is 10.00. The Balaban J connectivity index is 2.16. The van der Waals surface area contributed by atoms with E-state index < -0.39 is 0 Å². The van der Waals surface area contributed by atoms with E-state index in [2.05, 4.69) is 5.32 Å². The lowest BCUT2D eigenvalue weighted by molar-refractivity contribution is -0.118. The lowest BCUT2D eigenvalue weighted by atomic mass is 9.95. The highest BCUT2D eigenvalue weighted by atomic mass is 16.1. The predicted molar refractivity (Wildman–Crippen MR) is 64.1 cm³/mol. The molecule has 90 valence electrons. The zero-order valence-corrected chi connectivity index (χ0v) is 10.00. The van der Waals surface area contributed by atoms with Crippen molar-refractivity contribution in [2.45, 2.75) is 57.9 Å². The molecular weight excluding hydrogens is 202 g/mol. The third kappa shape index (κ3) is 5.69. The normalized spacial score (nSPS) is 17.6. The molecule has 0 bridgehead atoms. The molecule has 0 aromatic heterocycles. The molecule has 1 aliphatic carbocycles. The molecular formula is C13H21NO2. The average Bonchev–Trinajstić information content (AvgIpc) is 2.25. The van der Waals surface area contributed by atoms with Crippen molar-refractivity contribution in [2.24, 2.45) is 0 Å². The maximum absolute atomic E-state index is 11.5. The van der Waals surface area contributed by atoms with E-state index in [1.807, 2.05) is 0 Å². The number of rotatable bonds is 5. The first-order chi connectivity index (χ1) is 7.68. The second kappa shape index (κ2) is 7.20. The first kappa shape index (κ1) is 12.9. The highest BCUT2D eigenvalue weighted by Crippen LogP contribution is 2.17. The number of nitrogens with one attached hydrogen (secondary N) is 1. The van der Waals surface area contributed by atoms with Gasteiger partial charge in [0.15, 0.2) is 0 Å². The molecule has 0 aliphatic heterocycles. The van der Waals surface area contributed by atoms with Crippen molar-refractivity contribution in [3.8, 4) is 0 Å². The first-order valence-corrected chi connectivity index (χ1v) is 6.15. The SMILES string of the molecule is CC(=O)CC/C=C/C(=O)NC1CCCCC1. The van der Waals surface area contributed by atoms with Crippen LogP contribution in [-0.2, 0) is 9.59 Å². The fraction of sp³-hybridized carbons (Fsp3) is 0.692. The van der Waals surface area contributed by atoms with Gasteiger partial charge in [0.1, 0.15) is 5.78 Å². The van der Waals surface area contributed by atoms with Crippen LogP contribution in [0.3, 0.4) is 0 Å². The summed E-state index contributed by atoms with van der Waals surface area (Å²) in [6, 6.07) is 0.360. The van der Waals surface area contributed by atoms with E-state index in [4.69, 9.17) is 0 Å². The molecule has 3 heteroatoms. The van der Waals surface area contributed by atoms with Crippen LogP contribution in [0, 0.1) is 0 Å². The van der Waals surface area contributed by atoms with Gasteiger partial charge in [-0.05, 0) is 32.3 Å². The van der Waals surface area contributed by atoms with Gasteiger partial charge in [0.05, 0.1) is 0 Å². The molecule has 3 nitrogen and oxygen atoms in total. The Bertz CT molecular complexity index is 265. The highest BCUT2D eigenvalue weighted by Gasteiger charge is 2.13. The van der Waals surface area contributed by atoms with Crippen molar-refractivity contribution < 1.29 is 9.59 Å². The quantitative estimate of drug-likeness (QED) is 0.727. The number of hydrogen-bond acceptors (Lipinski definition) is 2. The first-order valence-electron chi connectivity index (χ1n) is 6.15. The van der Waals surface area contributed by atoms with Gasteiger partial charge in [-0.15, -0.1) is 0 Å². The van der Waals surface area contributed by atoms with Gasteiger partial charge < -0.3 is 10.1 Å². The molecule has 0 atom stereocenters. The Kier molecular flexibility index (Phi) is 5.83. The Morgan fingerprint density at radius 1 is 1.25 bits per heavy atom. The second-order valence-corrected chi connectivity index (χ2v) is 4.49. The van der Waals surface area contributed by atoms with Crippen molar-refractivity contribution in [3.05, 3.63) is 12.2 Å². The van der Waals surface area contributed by atoms with Gasteiger partial charge in [-0.3, -0.25) is 4.79 Å². The lowest BCUT2D eigenvalue weighted by Crippen LogP contribution is -2.35. The average molecular weight is 223 g/mol. The maximum atomic E-state index is 11.5. The molecule has 0 radical (unpaired) electrons. The van der Waals surface area contributed by atoms with Crippen molar-refractivity contribution in [2.75, 3.05) is 0 Å². The van der Waals surface area contributed by atoms with E-state index >= 15 is 0 Å². The van der Waals surface area contributed by atoms with Crippen LogP contribution in [0.2, 0.25) is 0 Å². The molecule has 0 unspecified atom stereocenters. The van der Waals surface area contributed by atoms with Gasteiger partial charge in [0, 0.05) is 12.5 Å². The summed E-state index contributed by atoms with van der Waals surface area (Å²) in [7, 11) is 0. The molecule has 1 N–H and O–H groups in total. The van der Waals surface area contributed by atoms with Crippen LogP contribution in [0.4, 0.5) is 0 Å². The molecule has 1 saturated carbocycles. The Hall–Kier alpha value is -1.12. The van der Waals surface area contributed by atoms with E-state index in [0.29, 0.717) is 18.9 Å². The van der Waals surface area contributed by atoms with Gasteiger partial charge in [0.25, 0.3) is 0 Å². The van der Waals surface area contributed by atoms with Crippen LogP contribution in [-0.4, -0.2) is 17.7 Å². The number of carbonyl (C=O) groups is 2. The van der Waals surface area contributed by atoms with Crippen molar-refractivity contribution >= 4 is 11.7 Å². The Morgan fingerprint density at radius 2 is 1.94 bits per heavy atom. The molecule has 0 spiro atoms. The van der Waals surface area contributed by atoms with Gasteiger partial charge >= 0.3 is 0 Å². The lowest BCUT2D eigenvalue weighted by Gasteiger charge is -2.21. The molecule has 1 amide bonds. The van der Waals surface area contributed by atoms with Gasteiger partial charge in [-0.25, -0.2) is 0 Å². The number of amides is 1. The molecule has 0 heterocycles. The molecule has 1 aliphatic rings. The summed E-state index contributed by atoms with van der Waals surface area (Å²) in [5.41, 5.74) is 0. The van der Waals surface area contributed by atoms with Crippen LogP contribution in [0.15, 0.2) is 12.2 Å². The van der Waals surface area contributed by atoms with Crippen LogP contribution in [0.5, 0.6) is 0 Å². The number of Topliss-reactive ketones (excluding diaryl/α,β-unsaturated/α-hetero) is 1. The standard InChI is InChI=1S/C13H21NO2/c1-11(15)7-5-6-10-13(16)14-12-8-3-2-4-9-12/h6,10,12H,2-5,7-9H2,1H3,(H,14,16)/b10-6+. The fourth-order valence-electron chi connectivity index (χ4n) is 1.97. The van der Waals surface area contributed by atoms with Crippen molar-refractivity contribution in [1.82, 2.24) is 5.32 Å². The molecule has 0 aromatic rings. The number of allylic oxidation sites excluding steroid dienone is 1. The van der Waals surface area contributed by atoms with Crippen LogP contribution >= 0.6 is 0 Å². The predicted octanol–water partition coefficient (Wildman–Crippen LogP) is 2.36. The Labute approximate surface area is 97.3 Å². The van der Waals surface area contributed by atoms with Crippen molar-refractivity contribution in [3.63, 3.8) is 0 Å². The van der Waals surface area contributed by atoms with E-state index in [-0.39, 0.29) is 11.7 Å². The van der Waals surface area contributed by atoms with Gasteiger partial charge in [0.2, 0.25) is 5.91 Å². The minimum absolute atomic E-state index is 0.0181. The van der Waals surface area contributed by atoms with Gasteiger partial charge in [-0.2, -0.15) is 0 Å². The van der Waals surface area contributed by atoms with E-state index in [1.165, 1.54) is 19.3 Å². The summed E-state index contributed by atoms with van der Waals surface area (Å²) in [5.74, 6) is 0.146. The third-order valence-electron chi connectivity index (χ3n) is 2.88. The van der Waals surface area contributed by atoms with Crippen LogP contribution < -0.4 is 5.32 Å². The Morgan fingerprint density at radius 3 is 2.56 bits per heavy atom. The molecule has 1 rings (SSSR count). The number of carbonyl (C=O) groups excluding carboxylic acids is 2. The largest absolute Gasteiger partial charge is 0.350 e. The van der Waals surface area contributed by atoms with Crippen LogP contribution in [0.25, 0.3) is 0 Å². The number of hydrogen-bond donors (Lipinski definition) is 1. The smallest absolute Gasteiger partial charge is 0.243 e. The molecule has 1 fully saturated rings. The summed E-state index contributed by atoms with van der Waals surface area (Å²) in [6.45, 7) is 1.57.